The molecule has 0 unspecified atom stereocenters. The van der Waals surface area contributed by atoms with Crippen LogP contribution in [0.3, 0.4) is 0 Å². The Bertz CT molecular complexity index is 656. The number of fused-ring (bicyclic) bond motifs is 1. The molecule has 0 radical (unpaired) electrons. The first kappa shape index (κ1) is 9.59. The molecule has 5 heteroatoms. The van der Waals surface area contributed by atoms with Crippen molar-refractivity contribution in [1.82, 2.24) is 14.4 Å². The molecular weight excluding hydrogens is 270 g/mol. The molecule has 0 fully saturated rings. The van der Waals surface area contributed by atoms with Crippen LogP contribution in [0.25, 0.3) is 17.2 Å². The van der Waals surface area contributed by atoms with Gasteiger partial charge in [0.15, 0.2) is 5.76 Å². The summed E-state index contributed by atoms with van der Waals surface area (Å²) in [4.78, 5) is 8.57. The van der Waals surface area contributed by atoms with Crippen LogP contribution in [0.5, 0.6) is 0 Å². The average molecular weight is 278 g/mol. The topological polar surface area (TPSA) is 43.3 Å². The SMILES string of the molecule is Cc1ccc(-c2cn3cc(Br)cnc3n2)o1. The first-order chi connectivity index (χ1) is 7.72. The predicted octanol–water partition coefficient (Wildman–Crippen LogP) is 3.06. The van der Waals surface area contributed by atoms with Crippen molar-refractivity contribution >= 4 is 21.7 Å². The lowest BCUT2D eigenvalue weighted by atomic mass is 10.3. The van der Waals surface area contributed by atoms with Crippen LogP contribution in [0.2, 0.25) is 0 Å². The molecule has 3 heterocycles. The van der Waals surface area contributed by atoms with Gasteiger partial charge in [0.05, 0.1) is 4.47 Å². The Labute approximate surface area is 100 Å². The maximum atomic E-state index is 5.51. The summed E-state index contributed by atoms with van der Waals surface area (Å²) in [5.41, 5.74) is 0.790. The summed E-state index contributed by atoms with van der Waals surface area (Å²) >= 11 is 3.37. The van der Waals surface area contributed by atoms with E-state index in [4.69, 9.17) is 4.42 Å². The summed E-state index contributed by atoms with van der Waals surface area (Å²) in [6, 6.07) is 3.83. The van der Waals surface area contributed by atoms with Crippen molar-refractivity contribution in [3.63, 3.8) is 0 Å². The van der Waals surface area contributed by atoms with Crippen LogP contribution in [0.15, 0.2) is 39.6 Å². The number of hydrogen-bond donors (Lipinski definition) is 0. The highest BCUT2D eigenvalue weighted by molar-refractivity contribution is 9.10. The molecule has 0 aliphatic rings. The lowest BCUT2D eigenvalue weighted by molar-refractivity contribution is 0.547. The van der Waals surface area contributed by atoms with E-state index in [0.717, 1.165) is 21.7 Å². The zero-order valence-corrected chi connectivity index (χ0v) is 10.1. The van der Waals surface area contributed by atoms with Gasteiger partial charge < -0.3 is 4.42 Å². The first-order valence-corrected chi connectivity index (χ1v) is 5.59. The maximum absolute atomic E-state index is 5.51. The van der Waals surface area contributed by atoms with Crippen LogP contribution >= 0.6 is 15.9 Å². The van der Waals surface area contributed by atoms with E-state index in [1.54, 1.807) is 6.20 Å². The number of furan rings is 1. The molecule has 80 valence electrons. The van der Waals surface area contributed by atoms with E-state index in [1.807, 2.05) is 35.9 Å². The van der Waals surface area contributed by atoms with Crippen LogP contribution in [-0.2, 0) is 0 Å². The van der Waals surface area contributed by atoms with E-state index in [-0.39, 0.29) is 0 Å². The number of imidazole rings is 1. The molecule has 0 aromatic carbocycles. The molecule has 0 saturated heterocycles. The number of nitrogens with zero attached hydrogens (tertiary/aromatic N) is 3. The molecule has 0 spiro atoms. The third-order valence-corrected chi connectivity index (χ3v) is 2.68. The summed E-state index contributed by atoms with van der Waals surface area (Å²) in [7, 11) is 0. The highest BCUT2D eigenvalue weighted by Gasteiger charge is 2.08. The minimum Gasteiger partial charge on any atom is -0.460 e. The van der Waals surface area contributed by atoms with Crippen LogP contribution in [-0.4, -0.2) is 14.4 Å². The Hall–Kier alpha value is -1.62. The number of aryl methyl sites for hydroxylation is 1. The highest BCUT2D eigenvalue weighted by Crippen LogP contribution is 2.21. The van der Waals surface area contributed by atoms with Gasteiger partial charge in [-0.2, -0.15) is 0 Å². The maximum Gasteiger partial charge on any atom is 0.234 e. The zero-order chi connectivity index (χ0) is 11.1. The molecule has 3 aromatic rings. The predicted molar refractivity (Wildman–Crippen MR) is 63.1 cm³/mol. The van der Waals surface area contributed by atoms with Crippen molar-refractivity contribution in [1.29, 1.82) is 0 Å². The molecule has 0 bridgehead atoms. The number of hydrogen-bond acceptors (Lipinski definition) is 3. The van der Waals surface area contributed by atoms with Gasteiger partial charge >= 0.3 is 0 Å². The summed E-state index contributed by atoms with van der Waals surface area (Å²) in [5, 5.41) is 0. The van der Waals surface area contributed by atoms with E-state index in [9.17, 15) is 0 Å². The second kappa shape index (κ2) is 3.45. The van der Waals surface area contributed by atoms with Crippen LogP contribution in [0, 0.1) is 6.92 Å². The third-order valence-electron chi connectivity index (χ3n) is 2.27. The molecule has 3 rings (SSSR count). The monoisotopic (exact) mass is 277 g/mol. The summed E-state index contributed by atoms with van der Waals surface area (Å²) in [6.45, 7) is 1.91. The van der Waals surface area contributed by atoms with E-state index < -0.39 is 0 Å². The first-order valence-electron chi connectivity index (χ1n) is 4.79. The normalized spacial score (nSPS) is 11.1. The molecule has 0 aliphatic heterocycles. The molecule has 16 heavy (non-hydrogen) atoms. The van der Waals surface area contributed by atoms with Gasteiger partial charge in [0.2, 0.25) is 5.78 Å². The van der Waals surface area contributed by atoms with Gasteiger partial charge in [-0.25, -0.2) is 9.97 Å². The lowest BCUT2D eigenvalue weighted by Gasteiger charge is -1.90. The number of rotatable bonds is 1. The van der Waals surface area contributed by atoms with Gasteiger partial charge in [-0.05, 0) is 35.0 Å². The molecule has 0 atom stereocenters. The summed E-state index contributed by atoms with van der Waals surface area (Å²) in [5.74, 6) is 2.30. The third kappa shape index (κ3) is 1.53. The van der Waals surface area contributed by atoms with Gasteiger partial charge in [0.1, 0.15) is 11.5 Å². The van der Waals surface area contributed by atoms with Gasteiger partial charge in [0, 0.05) is 18.6 Å². The second-order valence-electron chi connectivity index (χ2n) is 3.52. The molecule has 3 aromatic heterocycles. The van der Waals surface area contributed by atoms with Crippen LogP contribution in [0.1, 0.15) is 5.76 Å². The fraction of sp³-hybridized carbons (Fsp3) is 0.0909. The molecule has 0 saturated carbocycles. The van der Waals surface area contributed by atoms with Gasteiger partial charge in [-0.15, -0.1) is 0 Å². The average Bonchev–Trinajstić information content (AvgIpc) is 2.83. The largest absolute Gasteiger partial charge is 0.460 e. The van der Waals surface area contributed by atoms with E-state index in [2.05, 4.69) is 25.9 Å². The fourth-order valence-electron chi connectivity index (χ4n) is 1.55. The number of halogens is 1. The van der Waals surface area contributed by atoms with Gasteiger partial charge in [-0.3, -0.25) is 4.40 Å². The van der Waals surface area contributed by atoms with Gasteiger partial charge in [0.25, 0.3) is 0 Å². The standard InChI is InChI=1S/C11H8BrN3O/c1-7-2-3-10(16-7)9-6-15-5-8(12)4-13-11(15)14-9/h2-6H,1H3. The van der Waals surface area contributed by atoms with E-state index >= 15 is 0 Å². The quantitative estimate of drug-likeness (QED) is 0.687. The van der Waals surface area contributed by atoms with Crippen molar-refractivity contribution < 1.29 is 4.42 Å². The molecule has 0 N–H and O–H groups in total. The lowest BCUT2D eigenvalue weighted by Crippen LogP contribution is -1.85. The molecular formula is C11H8BrN3O. The van der Waals surface area contributed by atoms with Crippen LogP contribution in [0.4, 0.5) is 0 Å². The minimum absolute atomic E-state index is 0.659. The van der Waals surface area contributed by atoms with Crippen LogP contribution < -0.4 is 0 Å². The van der Waals surface area contributed by atoms with E-state index in [1.165, 1.54) is 0 Å². The molecule has 4 nitrogen and oxygen atoms in total. The zero-order valence-electron chi connectivity index (χ0n) is 8.51. The Morgan fingerprint density at radius 1 is 1.31 bits per heavy atom. The molecule has 0 amide bonds. The van der Waals surface area contributed by atoms with Crippen molar-refractivity contribution in [2.24, 2.45) is 0 Å². The van der Waals surface area contributed by atoms with Gasteiger partial charge in [-0.1, -0.05) is 0 Å². The Balaban J connectivity index is 2.18. The smallest absolute Gasteiger partial charge is 0.234 e. The van der Waals surface area contributed by atoms with E-state index in [0.29, 0.717) is 5.78 Å². The summed E-state index contributed by atoms with van der Waals surface area (Å²) < 4.78 is 8.29. The molecule has 0 aliphatic carbocycles. The van der Waals surface area contributed by atoms with Crippen molar-refractivity contribution in [2.75, 3.05) is 0 Å². The Morgan fingerprint density at radius 3 is 2.94 bits per heavy atom. The number of aromatic nitrogens is 3. The fourth-order valence-corrected chi connectivity index (χ4v) is 1.87. The second-order valence-corrected chi connectivity index (χ2v) is 4.43. The highest BCUT2D eigenvalue weighted by atomic mass is 79.9. The van der Waals surface area contributed by atoms with Crippen molar-refractivity contribution in [2.45, 2.75) is 6.92 Å². The van der Waals surface area contributed by atoms with Crippen molar-refractivity contribution in [3.8, 4) is 11.5 Å². The Morgan fingerprint density at radius 2 is 2.19 bits per heavy atom. The van der Waals surface area contributed by atoms with Crippen molar-refractivity contribution in [3.05, 3.63) is 41.0 Å². The minimum atomic E-state index is 0.659. The summed E-state index contributed by atoms with van der Waals surface area (Å²) in [6.07, 6.45) is 5.53. The Kier molecular flexibility index (Phi) is 2.07.